The van der Waals surface area contributed by atoms with Crippen LogP contribution in [0.25, 0.3) is 0 Å². The SMILES string of the molecule is COc1ccc(S(=O)(=O)N2C[C@H](C(N)=O)CC[C@@H]2C)c([N+](=O)[O-])c1. The highest BCUT2D eigenvalue weighted by Crippen LogP contribution is 2.34. The summed E-state index contributed by atoms with van der Waals surface area (Å²) in [5, 5.41) is 11.3. The van der Waals surface area contributed by atoms with Crippen LogP contribution < -0.4 is 10.5 Å². The molecule has 1 heterocycles. The number of primary amides is 1. The number of hydrogen-bond donors (Lipinski definition) is 1. The Labute approximate surface area is 139 Å². The third-order valence-electron chi connectivity index (χ3n) is 4.18. The number of nitrogens with zero attached hydrogens (tertiary/aromatic N) is 2. The fraction of sp³-hybridized carbons (Fsp3) is 0.500. The van der Waals surface area contributed by atoms with E-state index in [9.17, 15) is 23.3 Å². The van der Waals surface area contributed by atoms with Crippen molar-refractivity contribution >= 4 is 21.6 Å². The Morgan fingerprint density at radius 2 is 2.08 bits per heavy atom. The quantitative estimate of drug-likeness (QED) is 0.614. The molecule has 0 saturated carbocycles. The number of carbonyl (C=O) groups is 1. The Bertz CT molecular complexity index is 764. The predicted octanol–water partition coefficient (Wildman–Crippen LogP) is 0.878. The lowest BCUT2D eigenvalue weighted by Gasteiger charge is -2.35. The van der Waals surface area contributed by atoms with E-state index in [1.165, 1.54) is 13.2 Å². The zero-order chi connectivity index (χ0) is 18.1. The molecule has 0 unspecified atom stereocenters. The van der Waals surface area contributed by atoms with E-state index in [2.05, 4.69) is 0 Å². The summed E-state index contributed by atoms with van der Waals surface area (Å²) in [5.41, 5.74) is 4.72. The molecule has 0 bridgehead atoms. The lowest BCUT2D eigenvalue weighted by Crippen LogP contribution is -2.48. The lowest BCUT2D eigenvalue weighted by atomic mass is 9.95. The third kappa shape index (κ3) is 3.34. The molecule has 1 amide bonds. The number of benzene rings is 1. The molecule has 1 fully saturated rings. The van der Waals surface area contributed by atoms with Gasteiger partial charge < -0.3 is 10.5 Å². The predicted molar refractivity (Wildman–Crippen MR) is 84.9 cm³/mol. The molecule has 0 aromatic heterocycles. The number of nitro groups is 1. The normalized spacial score (nSPS) is 22.1. The third-order valence-corrected chi connectivity index (χ3v) is 6.20. The highest BCUT2D eigenvalue weighted by Gasteiger charge is 2.39. The number of piperidine rings is 1. The first kappa shape index (κ1) is 18.1. The minimum Gasteiger partial charge on any atom is -0.497 e. The molecule has 132 valence electrons. The maximum atomic E-state index is 12.9. The fourth-order valence-electron chi connectivity index (χ4n) is 2.75. The standard InChI is InChI=1S/C14H19N3O6S/c1-9-3-4-10(14(15)18)8-16(9)24(21,22)13-6-5-11(23-2)7-12(13)17(19)20/h5-7,9-10H,3-4,8H2,1-2H3,(H2,15,18)/t9-,10+/m0/s1. The highest BCUT2D eigenvalue weighted by atomic mass is 32.2. The van der Waals surface area contributed by atoms with E-state index in [1.54, 1.807) is 6.92 Å². The van der Waals surface area contributed by atoms with Crippen molar-refractivity contribution in [2.24, 2.45) is 11.7 Å². The summed E-state index contributed by atoms with van der Waals surface area (Å²) >= 11 is 0. The molecule has 2 rings (SSSR count). The summed E-state index contributed by atoms with van der Waals surface area (Å²) in [7, 11) is -2.82. The van der Waals surface area contributed by atoms with Crippen LogP contribution in [0.2, 0.25) is 0 Å². The molecule has 1 aliphatic rings. The van der Waals surface area contributed by atoms with Crippen LogP contribution >= 0.6 is 0 Å². The first-order chi connectivity index (χ1) is 11.2. The zero-order valence-corrected chi connectivity index (χ0v) is 14.2. The average Bonchev–Trinajstić information content (AvgIpc) is 2.54. The Balaban J connectivity index is 2.49. The number of nitrogens with two attached hydrogens (primary N) is 1. The van der Waals surface area contributed by atoms with E-state index in [0.717, 1.165) is 16.4 Å². The van der Waals surface area contributed by atoms with Gasteiger partial charge in [-0.3, -0.25) is 14.9 Å². The molecule has 2 N–H and O–H groups in total. The van der Waals surface area contributed by atoms with E-state index < -0.39 is 37.4 Å². The van der Waals surface area contributed by atoms with Gasteiger partial charge >= 0.3 is 0 Å². The van der Waals surface area contributed by atoms with E-state index in [0.29, 0.717) is 12.8 Å². The molecule has 0 aliphatic carbocycles. The van der Waals surface area contributed by atoms with Gasteiger partial charge in [0.05, 0.1) is 24.0 Å². The van der Waals surface area contributed by atoms with Crippen molar-refractivity contribution in [1.29, 1.82) is 0 Å². The minimum atomic E-state index is -4.15. The van der Waals surface area contributed by atoms with Crippen LogP contribution in [0.5, 0.6) is 5.75 Å². The van der Waals surface area contributed by atoms with Crippen molar-refractivity contribution in [2.45, 2.75) is 30.7 Å². The Morgan fingerprint density at radius 3 is 2.62 bits per heavy atom. The number of ether oxygens (including phenoxy) is 1. The summed E-state index contributed by atoms with van der Waals surface area (Å²) in [6.07, 6.45) is 0.948. The van der Waals surface area contributed by atoms with Gasteiger partial charge in [0, 0.05) is 12.6 Å². The summed E-state index contributed by atoms with van der Waals surface area (Å²) in [6, 6.07) is 3.17. The average molecular weight is 357 g/mol. The monoisotopic (exact) mass is 357 g/mol. The second kappa shape index (κ2) is 6.73. The molecule has 0 spiro atoms. The second-order valence-electron chi connectivity index (χ2n) is 5.69. The first-order valence-electron chi connectivity index (χ1n) is 7.32. The molecule has 1 aliphatic heterocycles. The van der Waals surface area contributed by atoms with Crippen molar-refractivity contribution < 1.29 is 22.9 Å². The number of nitro benzene ring substituents is 1. The second-order valence-corrected chi connectivity index (χ2v) is 7.55. The van der Waals surface area contributed by atoms with Gasteiger partial charge in [0.25, 0.3) is 5.69 Å². The molecule has 0 radical (unpaired) electrons. The van der Waals surface area contributed by atoms with Crippen molar-refractivity contribution in [3.8, 4) is 5.75 Å². The number of carbonyl (C=O) groups excluding carboxylic acids is 1. The number of rotatable bonds is 5. The molecule has 24 heavy (non-hydrogen) atoms. The van der Waals surface area contributed by atoms with E-state index in [1.807, 2.05) is 0 Å². The van der Waals surface area contributed by atoms with Gasteiger partial charge in [0.2, 0.25) is 15.9 Å². The molecular weight excluding hydrogens is 338 g/mol. The van der Waals surface area contributed by atoms with Gasteiger partial charge in [-0.15, -0.1) is 0 Å². The topological polar surface area (TPSA) is 133 Å². The van der Waals surface area contributed by atoms with Crippen LogP contribution in [0, 0.1) is 16.0 Å². The summed E-state index contributed by atoms with van der Waals surface area (Å²) in [6.45, 7) is 1.62. The summed E-state index contributed by atoms with van der Waals surface area (Å²) < 4.78 is 31.9. The number of sulfonamides is 1. The number of amides is 1. The Hall–Kier alpha value is -2.20. The van der Waals surface area contributed by atoms with Gasteiger partial charge in [-0.25, -0.2) is 8.42 Å². The largest absolute Gasteiger partial charge is 0.497 e. The number of hydrogen-bond acceptors (Lipinski definition) is 6. The molecular formula is C14H19N3O6S. The van der Waals surface area contributed by atoms with Gasteiger partial charge in [0.15, 0.2) is 4.90 Å². The number of methoxy groups -OCH3 is 1. The lowest BCUT2D eigenvalue weighted by molar-refractivity contribution is -0.387. The smallest absolute Gasteiger partial charge is 0.293 e. The van der Waals surface area contributed by atoms with Crippen LogP contribution in [-0.4, -0.2) is 43.2 Å². The molecule has 1 saturated heterocycles. The Morgan fingerprint density at radius 1 is 1.42 bits per heavy atom. The molecule has 1 aromatic carbocycles. The van der Waals surface area contributed by atoms with E-state index >= 15 is 0 Å². The maximum absolute atomic E-state index is 12.9. The van der Waals surface area contributed by atoms with Gasteiger partial charge in [-0.05, 0) is 31.9 Å². The maximum Gasteiger partial charge on any atom is 0.293 e. The van der Waals surface area contributed by atoms with E-state index in [-0.39, 0.29) is 18.3 Å². The van der Waals surface area contributed by atoms with Gasteiger partial charge in [-0.2, -0.15) is 4.31 Å². The van der Waals surface area contributed by atoms with Crippen molar-refractivity contribution in [2.75, 3.05) is 13.7 Å². The van der Waals surface area contributed by atoms with Crippen LogP contribution in [0.3, 0.4) is 0 Å². The molecule has 10 heteroatoms. The van der Waals surface area contributed by atoms with Crippen LogP contribution in [0.15, 0.2) is 23.1 Å². The first-order valence-corrected chi connectivity index (χ1v) is 8.76. The zero-order valence-electron chi connectivity index (χ0n) is 13.3. The van der Waals surface area contributed by atoms with Crippen molar-refractivity contribution in [3.05, 3.63) is 28.3 Å². The highest BCUT2D eigenvalue weighted by molar-refractivity contribution is 7.89. The van der Waals surface area contributed by atoms with Crippen molar-refractivity contribution in [1.82, 2.24) is 4.31 Å². The fourth-order valence-corrected chi connectivity index (χ4v) is 4.60. The summed E-state index contributed by atoms with van der Waals surface area (Å²) in [5.74, 6) is -0.998. The minimum absolute atomic E-state index is 0.0813. The van der Waals surface area contributed by atoms with Crippen LogP contribution in [0.4, 0.5) is 5.69 Å². The molecule has 9 nitrogen and oxygen atoms in total. The van der Waals surface area contributed by atoms with Gasteiger partial charge in [-0.1, -0.05) is 0 Å². The van der Waals surface area contributed by atoms with E-state index in [4.69, 9.17) is 10.5 Å². The molecule has 1 aromatic rings. The molecule has 2 atom stereocenters. The van der Waals surface area contributed by atoms with Crippen molar-refractivity contribution in [3.63, 3.8) is 0 Å². The van der Waals surface area contributed by atoms with Crippen LogP contribution in [-0.2, 0) is 14.8 Å². The summed E-state index contributed by atoms with van der Waals surface area (Å²) in [4.78, 5) is 21.5. The van der Waals surface area contributed by atoms with Gasteiger partial charge in [0.1, 0.15) is 5.75 Å². The Kier molecular flexibility index (Phi) is 5.09. The van der Waals surface area contributed by atoms with Crippen LogP contribution in [0.1, 0.15) is 19.8 Å².